The molecule has 1 aromatic heterocycles. The maximum absolute atomic E-state index is 6.03. The lowest BCUT2D eigenvalue weighted by Gasteiger charge is -2.06. The lowest BCUT2D eigenvalue weighted by atomic mass is 10.0. The molecule has 3 rings (SSSR count). The number of nitrogens with one attached hydrogen (secondary N) is 1. The van der Waals surface area contributed by atoms with Crippen LogP contribution in [0.4, 0.5) is 0 Å². The van der Waals surface area contributed by atoms with Crippen molar-refractivity contribution in [3.8, 4) is 0 Å². The number of hydrogen-bond donors (Lipinski definition) is 2. The first-order valence-corrected chi connectivity index (χ1v) is 6.63. The van der Waals surface area contributed by atoms with Crippen LogP contribution < -0.4 is 5.73 Å². The molecular formula is C15H20N2. The fraction of sp³-hybridized carbons (Fsp3) is 0.467. The van der Waals surface area contributed by atoms with E-state index in [-0.39, 0.29) is 6.04 Å². The van der Waals surface area contributed by atoms with E-state index in [4.69, 9.17) is 5.73 Å². The van der Waals surface area contributed by atoms with Crippen molar-refractivity contribution in [3.05, 3.63) is 35.5 Å². The monoisotopic (exact) mass is 228 g/mol. The van der Waals surface area contributed by atoms with Gasteiger partial charge in [-0.15, -0.1) is 0 Å². The van der Waals surface area contributed by atoms with E-state index in [1.54, 1.807) is 0 Å². The maximum atomic E-state index is 6.03. The van der Waals surface area contributed by atoms with E-state index in [1.807, 2.05) is 0 Å². The molecule has 0 spiro atoms. The highest BCUT2D eigenvalue weighted by Gasteiger charge is 2.19. The molecule has 1 heterocycles. The molecule has 3 N–H and O–H groups in total. The van der Waals surface area contributed by atoms with Crippen LogP contribution in [0.25, 0.3) is 10.9 Å². The van der Waals surface area contributed by atoms with E-state index in [2.05, 4.69) is 36.2 Å². The van der Waals surface area contributed by atoms with Crippen molar-refractivity contribution in [2.75, 3.05) is 0 Å². The van der Waals surface area contributed by atoms with Gasteiger partial charge in [-0.05, 0) is 43.4 Å². The zero-order valence-corrected chi connectivity index (χ0v) is 10.4. The summed E-state index contributed by atoms with van der Waals surface area (Å²) in [6.07, 6.45) is 5.42. The minimum atomic E-state index is 0.103. The number of aromatic nitrogens is 1. The quantitative estimate of drug-likeness (QED) is 0.805. The molecule has 90 valence electrons. The first-order chi connectivity index (χ1) is 8.25. The zero-order valence-electron chi connectivity index (χ0n) is 10.4. The molecule has 1 aliphatic carbocycles. The Morgan fingerprint density at radius 3 is 2.76 bits per heavy atom. The average molecular weight is 228 g/mol. The second kappa shape index (κ2) is 4.19. The van der Waals surface area contributed by atoms with Crippen molar-refractivity contribution in [2.24, 2.45) is 5.73 Å². The molecule has 2 aromatic rings. The van der Waals surface area contributed by atoms with Crippen molar-refractivity contribution in [1.82, 2.24) is 4.98 Å². The summed E-state index contributed by atoms with van der Waals surface area (Å²) in [4.78, 5) is 3.58. The normalized spacial score (nSPS) is 18.9. The largest absolute Gasteiger partial charge is 0.358 e. The van der Waals surface area contributed by atoms with Crippen LogP contribution in [0.3, 0.4) is 0 Å². The van der Waals surface area contributed by atoms with Gasteiger partial charge < -0.3 is 10.7 Å². The molecule has 1 saturated carbocycles. The molecule has 2 nitrogen and oxygen atoms in total. The lowest BCUT2D eigenvalue weighted by molar-refractivity contribution is 0.705. The Bertz CT molecular complexity index is 519. The van der Waals surface area contributed by atoms with Crippen molar-refractivity contribution in [3.63, 3.8) is 0 Å². The standard InChI is InChI=1S/C15H20N2/c1-10(16)12-7-4-8-14-13(12)9-15(17-14)11-5-2-3-6-11/h4,7-11,17H,2-3,5-6,16H2,1H3. The average Bonchev–Trinajstić information content (AvgIpc) is 2.96. The Morgan fingerprint density at radius 1 is 1.29 bits per heavy atom. The van der Waals surface area contributed by atoms with Crippen LogP contribution in [-0.4, -0.2) is 4.98 Å². The summed E-state index contributed by atoms with van der Waals surface area (Å²) in [5, 5.41) is 1.31. The fourth-order valence-corrected chi connectivity index (χ4v) is 3.05. The predicted octanol–water partition coefficient (Wildman–Crippen LogP) is 3.85. The minimum Gasteiger partial charge on any atom is -0.358 e. The van der Waals surface area contributed by atoms with Gasteiger partial charge in [0.1, 0.15) is 0 Å². The van der Waals surface area contributed by atoms with Gasteiger partial charge in [0, 0.05) is 22.6 Å². The third-order valence-corrected chi connectivity index (χ3v) is 4.00. The zero-order chi connectivity index (χ0) is 11.8. The summed E-state index contributed by atoms with van der Waals surface area (Å²) >= 11 is 0. The highest BCUT2D eigenvalue weighted by Crippen LogP contribution is 2.36. The summed E-state index contributed by atoms with van der Waals surface area (Å²) in [6, 6.07) is 8.81. The Kier molecular flexibility index (Phi) is 2.67. The van der Waals surface area contributed by atoms with Crippen LogP contribution in [-0.2, 0) is 0 Å². The second-order valence-corrected chi connectivity index (χ2v) is 5.30. The van der Waals surface area contributed by atoms with Gasteiger partial charge in [-0.1, -0.05) is 25.0 Å². The van der Waals surface area contributed by atoms with Crippen molar-refractivity contribution >= 4 is 10.9 Å². The topological polar surface area (TPSA) is 41.8 Å². The summed E-state index contributed by atoms with van der Waals surface area (Å²) in [5.41, 5.74) is 9.93. The molecule has 2 heteroatoms. The molecule has 1 aromatic carbocycles. The number of nitrogens with two attached hydrogens (primary N) is 1. The second-order valence-electron chi connectivity index (χ2n) is 5.30. The Hall–Kier alpha value is -1.28. The van der Waals surface area contributed by atoms with Gasteiger partial charge in [0.15, 0.2) is 0 Å². The number of hydrogen-bond acceptors (Lipinski definition) is 1. The number of H-pyrrole nitrogens is 1. The number of rotatable bonds is 2. The van der Waals surface area contributed by atoms with Gasteiger partial charge in [-0.3, -0.25) is 0 Å². The van der Waals surface area contributed by atoms with Crippen LogP contribution in [0.2, 0.25) is 0 Å². The Morgan fingerprint density at radius 2 is 2.06 bits per heavy atom. The van der Waals surface area contributed by atoms with E-state index in [0.29, 0.717) is 0 Å². The number of aromatic amines is 1. The molecule has 0 aliphatic heterocycles. The highest BCUT2D eigenvalue weighted by atomic mass is 14.7. The predicted molar refractivity (Wildman–Crippen MR) is 72.1 cm³/mol. The SMILES string of the molecule is CC(N)c1cccc2[nH]c(C3CCCC3)cc12. The van der Waals surface area contributed by atoms with Gasteiger partial charge in [-0.2, -0.15) is 0 Å². The minimum absolute atomic E-state index is 0.103. The molecule has 17 heavy (non-hydrogen) atoms. The van der Waals surface area contributed by atoms with E-state index < -0.39 is 0 Å². The smallest absolute Gasteiger partial charge is 0.0459 e. The van der Waals surface area contributed by atoms with Gasteiger partial charge in [0.05, 0.1) is 0 Å². The number of benzene rings is 1. The molecular weight excluding hydrogens is 208 g/mol. The molecule has 1 unspecified atom stereocenters. The summed E-state index contributed by atoms with van der Waals surface area (Å²) in [7, 11) is 0. The van der Waals surface area contributed by atoms with Gasteiger partial charge in [0.2, 0.25) is 0 Å². The molecule has 0 bridgehead atoms. The molecule has 1 aliphatic rings. The van der Waals surface area contributed by atoms with Gasteiger partial charge in [0.25, 0.3) is 0 Å². The summed E-state index contributed by atoms with van der Waals surface area (Å²) in [5.74, 6) is 0.739. The van der Waals surface area contributed by atoms with E-state index in [0.717, 1.165) is 5.92 Å². The van der Waals surface area contributed by atoms with Crippen LogP contribution in [0.1, 0.15) is 55.8 Å². The Balaban J connectivity index is 2.08. The van der Waals surface area contributed by atoms with Crippen LogP contribution in [0, 0.1) is 0 Å². The first kappa shape index (κ1) is 10.8. The fourth-order valence-electron chi connectivity index (χ4n) is 3.05. The molecule has 1 atom stereocenters. The lowest BCUT2D eigenvalue weighted by Crippen LogP contribution is -2.04. The third kappa shape index (κ3) is 1.87. The summed E-state index contributed by atoms with van der Waals surface area (Å²) < 4.78 is 0. The van der Waals surface area contributed by atoms with Crippen molar-refractivity contribution in [1.29, 1.82) is 0 Å². The van der Waals surface area contributed by atoms with Crippen molar-refractivity contribution < 1.29 is 0 Å². The van der Waals surface area contributed by atoms with Crippen LogP contribution in [0.5, 0.6) is 0 Å². The highest BCUT2D eigenvalue weighted by molar-refractivity contribution is 5.84. The van der Waals surface area contributed by atoms with Crippen LogP contribution in [0.15, 0.2) is 24.3 Å². The molecule has 0 radical (unpaired) electrons. The molecule has 1 fully saturated rings. The first-order valence-electron chi connectivity index (χ1n) is 6.63. The van der Waals surface area contributed by atoms with E-state index in [1.165, 1.54) is 47.8 Å². The van der Waals surface area contributed by atoms with E-state index in [9.17, 15) is 0 Å². The van der Waals surface area contributed by atoms with Gasteiger partial charge in [-0.25, -0.2) is 0 Å². The van der Waals surface area contributed by atoms with Crippen molar-refractivity contribution in [2.45, 2.75) is 44.6 Å². The van der Waals surface area contributed by atoms with E-state index >= 15 is 0 Å². The number of fused-ring (bicyclic) bond motifs is 1. The molecule has 0 saturated heterocycles. The summed E-state index contributed by atoms with van der Waals surface area (Å²) in [6.45, 7) is 2.05. The van der Waals surface area contributed by atoms with Gasteiger partial charge >= 0.3 is 0 Å². The Labute approximate surface area is 102 Å². The maximum Gasteiger partial charge on any atom is 0.0459 e. The third-order valence-electron chi connectivity index (χ3n) is 4.00. The van der Waals surface area contributed by atoms with Crippen LogP contribution >= 0.6 is 0 Å². The molecule has 0 amide bonds.